The molecule has 1 heterocycles. The Bertz CT molecular complexity index is 1020. The number of fused-ring (bicyclic) bond motifs is 3. The van der Waals surface area contributed by atoms with Gasteiger partial charge in [-0.15, -0.1) is 0 Å². The summed E-state index contributed by atoms with van der Waals surface area (Å²) in [7, 11) is 0. The highest BCUT2D eigenvalue weighted by Crippen LogP contribution is 2.39. The lowest BCUT2D eigenvalue weighted by Crippen LogP contribution is -2.31. The molecule has 0 saturated heterocycles. The number of hydrogen-bond donors (Lipinski definition) is 2. The number of rotatable bonds is 10. The average Bonchev–Trinajstić information content (AvgIpc) is 3.36. The Morgan fingerprint density at radius 1 is 1.03 bits per heavy atom. The van der Waals surface area contributed by atoms with Crippen LogP contribution in [-0.4, -0.2) is 47.2 Å². The summed E-state index contributed by atoms with van der Waals surface area (Å²) in [5, 5.41) is 10.8. The predicted molar refractivity (Wildman–Crippen MR) is 126 cm³/mol. The Balaban J connectivity index is 1.34. The molecule has 1 aromatic heterocycles. The lowest BCUT2D eigenvalue weighted by Gasteiger charge is -2.20. The Morgan fingerprint density at radius 2 is 1.77 bits per heavy atom. The van der Waals surface area contributed by atoms with E-state index in [1.807, 2.05) is 24.3 Å². The first kappa shape index (κ1) is 21.3. The van der Waals surface area contributed by atoms with Crippen LogP contribution in [0.2, 0.25) is 0 Å². The molecule has 0 spiro atoms. The Labute approximate surface area is 184 Å². The molecule has 162 valence electrons. The fourth-order valence-electron chi connectivity index (χ4n) is 4.46. The molecule has 1 aliphatic rings. The lowest BCUT2D eigenvalue weighted by atomic mass is 10.0. The summed E-state index contributed by atoms with van der Waals surface area (Å²) >= 11 is 0. The number of carbonyl (C=O) groups excluding carboxylic acids is 1. The van der Waals surface area contributed by atoms with Crippen LogP contribution in [0.1, 0.15) is 54.6 Å². The molecule has 5 nitrogen and oxygen atoms in total. The fourth-order valence-corrected chi connectivity index (χ4v) is 4.46. The monoisotopic (exact) mass is 416 g/mol. The number of carbonyl (C=O) groups is 1. The predicted octanol–water partition coefficient (Wildman–Crippen LogP) is 4.89. The van der Waals surface area contributed by atoms with Gasteiger partial charge in [-0.05, 0) is 56.6 Å². The van der Waals surface area contributed by atoms with Gasteiger partial charge in [0.15, 0.2) is 0 Å². The zero-order valence-electron chi connectivity index (χ0n) is 18.6. The number of nitrogens with zero attached hydrogens (tertiary/aromatic N) is 2. The first-order chi connectivity index (χ1) is 15.2. The van der Waals surface area contributed by atoms with Crippen molar-refractivity contribution in [2.75, 3.05) is 26.2 Å². The van der Waals surface area contributed by atoms with Gasteiger partial charge in [0.2, 0.25) is 0 Å². The van der Waals surface area contributed by atoms with Crippen molar-refractivity contribution in [3.05, 3.63) is 65.2 Å². The number of aromatic nitrogens is 2. The van der Waals surface area contributed by atoms with Crippen LogP contribution in [0.15, 0.2) is 48.5 Å². The van der Waals surface area contributed by atoms with Crippen LogP contribution in [0.4, 0.5) is 0 Å². The number of nitrogens with one attached hydrogen (secondary N) is 2. The van der Waals surface area contributed by atoms with E-state index in [9.17, 15) is 4.79 Å². The second-order valence-corrected chi connectivity index (χ2v) is 8.29. The van der Waals surface area contributed by atoms with Gasteiger partial charge in [-0.2, -0.15) is 5.10 Å². The molecule has 2 N–H and O–H groups in total. The van der Waals surface area contributed by atoms with Crippen LogP contribution < -0.4 is 5.32 Å². The molecule has 0 saturated carbocycles. The van der Waals surface area contributed by atoms with Crippen LogP contribution in [0, 0.1) is 0 Å². The van der Waals surface area contributed by atoms with E-state index in [2.05, 4.69) is 58.5 Å². The number of benzene rings is 2. The van der Waals surface area contributed by atoms with E-state index in [1.165, 1.54) is 29.5 Å². The van der Waals surface area contributed by atoms with Gasteiger partial charge in [-0.25, -0.2) is 0 Å². The maximum atomic E-state index is 12.5. The van der Waals surface area contributed by atoms with Crippen LogP contribution in [-0.2, 0) is 6.42 Å². The first-order valence-electron chi connectivity index (χ1n) is 11.5. The summed E-state index contributed by atoms with van der Waals surface area (Å²) in [5.74, 6) is -0.0104. The zero-order valence-corrected chi connectivity index (χ0v) is 18.6. The van der Waals surface area contributed by atoms with E-state index in [4.69, 9.17) is 0 Å². The van der Waals surface area contributed by atoms with Crippen molar-refractivity contribution in [1.29, 1.82) is 0 Å². The number of aromatic amines is 1. The molecular formula is C26H32N4O. The second kappa shape index (κ2) is 9.92. The Morgan fingerprint density at radius 3 is 2.52 bits per heavy atom. The molecule has 0 fully saturated rings. The van der Waals surface area contributed by atoms with Crippen molar-refractivity contribution < 1.29 is 4.79 Å². The molecule has 1 amide bonds. The molecule has 0 unspecified atom stereocenters. The summed E-state index contributed by atoms with van der Waals surface area (Å²) in [5.41, 5.74) is 7.64. The molecule has 31 heavy (non-hydrogen) atoms. The second-order valence-electron chi connectivity index (χ2n) is 8.29. The maximum Gasteiger partial charge on any atom is 0.251 e. The summed E-state index contributed by atoms with van der Waals surface area (Å²) in [6.07, 6.45) is 4.21. The van der Waals surface area contributed by atoms with E-state index < -0.39 is 0 Å². The van der Waals surface area contributed by atoms with Crippen molar-refractivity contribution >= 4 is 5.91 Å². The van der Waals surface area contributed by atoms with Gasteiger partial charge in [-0.3, -0.25) is 9.89 Å². The van der Waals surface area contributed by atoms with Gasteiger partial charge in [-0.1, -0.05) is 50.2 Å². The highest BCUT2D eigenvalue weighted by Gasteiger charge is 2.24. The molecule has 0 atom stereocenters. The van der Waals surface area contributed by atoms with Crippen molar-refractivity contribution in [2.45, 2.75) is 39.5 Å². The number of H-pyrrole nitrogens is 1. The normalized spacial score (nSPS) is 12.1. The largest absolute Gasteiger partial charge is 0.352 e. The molecular weight excluding hydrogens is 384 g/mol. The summed E-state index contributed by atoms with van der Waals surface area (Å²) in [6.45, 7) is 8.42. The smallest absolute Gasteiger partial charge is 0.251 e. The minimum Gasteiger partial charge on any atom is -0.352 e. The minimum absolute atomic E-state index is 0.0104. The van der Waals surface area contributed by atoms with E-state index in [0.717, 1.165) is 49.4 Å². The van der Waals surface area contributed by atoms with E-state index in [-0.39, 0.29) is 5.91 Å². The molecule has 5 heteroatoms. The highest BCUT2D eigenvalue weighted by atomic mass is 16.1. The fraction of sp³-hybridized carbons (Fsp3) is 0.385. The molecule has 2 aromatic carbocycles. The van der Waals surface area contributed by atoms with Crippen molar-refractivity contribution in [1.82, 2.24) is 20.4 Å². The molecule has 0 bridgehead atoms. The summed E-state index contributed by atoms with van der Waals surface area (Å²) in [4.78, 5) is 15.0. The maximum absolute atomic E-state index is 12.5. The van der Waals surface area contributed by atoms with Crippen molar-refractivity contribution in [3.8, 4) is 22.5 Å². The number of hydrogen-bond acceptors (Lipinski definition) is 3. The van der Waals surface area contributed by atoms with Gasteiger partial charge in [0.1, 0.15) is 0 Å². The summed E-state index contributed by atoms with van der Waals surface area (Å²) in [6, 6.07) is 16.2. The standard InChI is InChI=1S/C26H32N4O/c1-3-15-30(16-4-2)17-7-14-27-26(31)20-12-10-19(11-13-20)24-23-18-21-8-5-6-9-22(21)25(23)29-28-24/h5-6,8-13H,3-4,7,14-18H2,1-2H3,(H,27,31)(H,28,29). The van der Waals surface area contributed by atoms with E-state index >= 15 is 0 Å². The van der Waals surface area contributed by atoms with Gasteiger partial charge in [0, 0.05) is 35.2 Å². The topological polar surface area (TPSA) is 61.0 Å². The van der Waals surface area contributed by atoms with Crippen LogP contribution in [0.5, 0.6) is 0 Å². The Hall–Kier alpha value is -2.92. The molecule has 3 aromatic rings. The van der Waals surface area contributed by atoms with Gasteiger partial charge < -0.3 is 10.2 Å². The Kier molecular flexibility index (Phi) is 6.82. The van der Waals surface area contributed by atoms with Gasteiger partial charge >= 0.3 is 0 Å². The summed E-state index contributed by atoms with van der Waals surface area (Å²) < 4.78 is 0. The molecule has 0 aliphatic heterocycles. The van der Waals surface area contributed by atoms with Crippen molar-refractivity contribution in [2.24, 2.45) is 0 Å². The molecule has 0 radical (unpaired) electrons. The first-order valence-corrected chi connectivity index (χ1v) is 11.5. The molecule has 1 aliphatic carbocycles. The third-order valence-electron chi connectivity index (χ3n) is 5.96. The highest BCUT2D eigenvalue weighted by molar-refractivity contribution is 5.94. The van der Waals surface area contributed by atoms with Crippen molar-refractivity contribution in [3.63, 3.8) is 0 Å². The lowest BCUT2D eigenvalue weighted by molar-refractivity contribution is 0.0951. The minimum atomic E-state index is -0.0104. The van der Waals surface area contributed by atoms with Gasteiger partial charge in [0.25, 0.3) is 5.91 Å². The van der Waals surface area contributed by atoms with E-state index in [1.54, 1.807) is 0 Å². The van der Waals surface area contributed by atoms with E-state index in [0.29, 0.717) is 12.1 Å². The number of amides is 1. The van der Waals surface area contributed by atoms with Gasteiger partial charge in [0.05, 0.1) is 11.4 Å². The SMILES string of the molecule is CCCN(CCC)CCCNC(=O)c1ccc(-c2n[nH]c3c2Cc2ccccc2-3)cc1. The van der Waals surface area contributed by atoms with Crippen LogP contribution in [0.3, 0.4) is 0 Å². The van der Waals surface area contributed by atoms with Crippen LogP contribution in [0.25, 0.3) is 22.5 Å². The third kappa shape index (κ3) is 4.72. The average molecular weight is 417 g/mol. The molecule has 4 rings (SSSR count). The quantitative estimate of drug-likeness (QED) is 0.362. The zero-order chi connectivity index (χ0) is 21.6. The third-order valence-corrected chi connectivity index (χ3v) is 5.96. The van der Waals surface area contributed by atoms with Crippen LogP contribution >= 0.6 is 0 Å².